The minimum absolute atomic E-state index is 0.451. The van der Waals surface area contributed by atoms with Gasteiger partial charge in [0.25, 0.3) is 0 Å². The second kappa shape index (κ2) is 5.22. The van der Waals surface area contributed by atoms with Gasteiger partial charge in [-0.1, -0.05) is 63.9 Å². The summed E-state index contributed by atoms with van der Waals surface area (Å²) in [6.45, 7) is 8.38. The van der Waals surface area contributed by atoms with Crippen LogP contribution in [-0.2, 0) is 0 Å². The molecule has 0 atom stereocenters. The Hall–Kier alpha value is 0.530. The first kappa shape index (κ1) is 11.5. The minimum atomic E-state index is 0.451. The third kappa shape index (κ3) is 4.88. The third-order valence-corrected chi connectivity index (χ3v) is 3.93. The average Bonchev–Trinajstić information content (AvgIpc) is 1.87. The second-order valence-electron chi connectivity index (χ2n) is 3.05. The molecule has 0 aliphatic heterocycles. The Morgan fingerprint density at radius 3 is 1.36 bits per heavy atom. The van der Waals surface area contributed by atoms with E-state index < -0.39 is 0 Å². The highest BCUT2D eigenvalue weighted by atomic mass is 32.2. The summed E-state index contributed by atoms with van der Waals surface area (Å²) in [7, 11) is 0. The molecule has 64 valence electrons. The van der Waals surface area contributed by atoms with Crippen molar-refractivity contribution < 1.29 is 0 Å². The van der Waals surface area contributed by atoms with Gasteiger partial charge in [0.2, 0.25) is 0 Å². The first-order valence-corrected chi connectivity index (χ1v) is 5.34. The zero-order valence-corrected chi connectivity index (χ0v) is 9.83. The van der Waals surface area contributed by atoms with E-state index in [2.05, 4.69) is 27.7 Å². The molecule has 0 radical (unpaired) electrons. The standard InChI is InChI=1S/C8H14S3/c1-5(2)7(9)11-8(10)6(3)4/h5-6H,1-4H3. The normalized spacial score (nSPS) is 10.7. The summed E-state index contributed by atoms with van der Waals surface area (Å²) in [5, 5.41) is 0. The zero-order chi connectivity index (χ0) is 9.02. The Morgan fingerprint density at radius 2 is 1.18 bits per heavy atom. The lowest BCUT2D eigenvalue weighted by Crippen LogP contribution is -2.06. The zero-order valence-electron chi connectivity index (χ0n) is 7.38. The molecule has 0 aromatic carbocycles. The van der Waals surface area contributed by atoms with Gasteiger partial charge in [-0.25, -0.2) is 0 Å². The highest BCUT2D eigenvalue weighted by molar-refractivity contribution is 8.38. The van der Waals surface area contributed by atoms with E-state index in [1.54, 1.807) is 11.8 Å². The highest BCUT2D eigenvalue weighted by Crippen LogP contribution is 2.19. The quantitative estimate of drug-likeness (QED) is 0.633. The molecule has 0 heterocycles. The number of rotatable bonds is 2. The van der Waals surface area contributed by atoms with E-state index in [1.807, 2.05) is 0 Å². The van der Waals surface area contributed by atoms with Gasteiger partial charge in [0.05, 0.1) is 8.39 Å². The number of thioether (sulfide) groups is 1. The summed E-state index contributed by atoms with van der Waals surface area (Å²) in [6, 6.07) is 0. The van der Waals surface area contributed by atoms with Crippen molar-refractivity contribution in [3.05, 3.63) is 0 Å². The highest BCUT2D eigenvalue weighted by Gasteiger charge is 2.09. The van der Waals surface area contributed by atoms with Crippen molar-refractivity contribution in [1.82, 2.24) is 0 Å². The van der Waals surface area contributed by atoms with Gasteiger partial charge < -0.3 is 0 Å². The van der Waals surface area contributed by atoms with Gasteiger partial charge in [-0.15, -0.1) is 0 Å². The van der Waals surface area contributed by atoms with Gasteiger partial charge in [0.15, 0.2) is 0 Å². The minimum Gasteiger partial charge on any atom is -0.0767 e. The summed E-state index contributed by atoms with van der Waals surface area (Å²) in [4.78, 5) is 0. The molecular formula is C8H14S3. The van der Waals surface area contributed by atoms with Crippen LogP contribution in [0.4, 0.5) is 0 Å². The molecule has 0 N–H and O–H groups in total. The Kier molecular flexibility index (Phi) is 5.48. The first-order valence-electron chi connectivity index (χ1n) is 3.70. The van der Waals surface area contributed by atoms with Crippen LogP contribution in [0.3, 0.4) is 0 Å². The van der Waals surface area contributed by atoms with Gasteiger partial charge in [-0.2, -0.15) is 0 Å². The van der Waals surface area contributed by atoms with E-state index in [-0.39, 0.29) is 0 Å². The molecule has 0 aromatic rings. The van der Waals surface area contributed by atoms with Crippen molar-refractivity contribution in [2.75, 3.05) is 0 Å². The lowest BCUT2D eigenvalue weighted by atomic mass is 10.3. The molecule has 0 amide bonds. The monoisotopic (exact) mass is 206 g/mol. The third-order valence-electron chi connectivity index (χ3n) is 1.14. The Balaban J connectivity index is 3.86. The molecule has 0 spiro atoms. The van der Waals surface area contributed by atoms with Crippen molar-refractivity contribution in [2.24, 2.45) is 11.8 Å². The van der Waals surface area contributed by atoms with Crippen LogP contribution in [0.15, 0.2) is 0 Å². The van der Waals surface area contributed by atoms with Crippen LogP contribution < -0.4 is 0 Å². The molecule has 0 saturated heterocycles. The molecule has 0 aliphatic carbocycles. The van der Waals surface area contributed by atoms with Crippen LogP contribution in [0.2, 0.25) is 0 Å². The number of hydrogen-bond donors (Lipinski definition) is 0. The molecule has 11 heavy (non-hydrogen) atoms. The molecule has 0 rings (SSSR count). The van der Waals surface area contributed by atoms with Gasteiger partial charge in [-0.05, 0) is 11.8 Å². The fraction of sp³-hybridized carbons (Fsp3) is 0.750. The summed E-state index contributed by atoms with van der Waals surface area (Å²) in [5.74, 6) is 0.901. The summed E-state index contributed by atoms with van der Waals surface area (Å²) >= 11 is 11.9. The van der Waals surface area contributed by atoms with Gasteiger partial charge in [0.1, 0.15) is 0 Å². The van der Waals surface area contributed by atoms with E-state index in [0.29, 0.717) is 11.8 Å². The van der Waals surface area contributed by atoms with E-state index in [1.165, 1.54) is 0 Å². The Labute approximate surface area is 84.1 Å². The van der Waals surface area contributed by atoms with E-state index in [4.69, 9.17) is 24.4 Å². The van der Waals surface area contributed by atoms with Crippen molar-refractivity contribution in [1.29, 1.82) is 0 Å². The molecule has 0 saturated carbocycles. The topological polar surface area (TPSA) is 0 Å². The SMILES string of the molecule is CC(C)C(=S)SC(=S)C(C)C. The summed E-state index contributed by atoms with van der Waals surface area (Å²) < 4.78 is 2.01. The largest absolute Gasteiger partial charge is 0.0767 e. The van der Waals surface area contributed by atoms with Crippen LogP contribution in [-0.4, -0.2) is 8.39 Å². The van der Waals surface area contributed by atoms with Crippen LogP contribution in [0.5, 0.6) is 0 Å². The summed E-state index contributed by atoms with van der Waals surface area (Å²) in [6.07, 6.45) is 0. The molecule has 0 nitrogen and oxygen atoms in total. The maximum atomic E-state index is 5.15. The Morgan fingerprint density at radius 1 is 0.909 bits per heavy atom. The van der Waals surface area contributed by atoms with Crippen LogP contribution >= 0.6 is 36.2 Å². The molecule has 3 heteroatoms. The predicted molar refractivity (Wildman–Crippen MR) is 62.5 cm³/mol. The summed E-state index contributed by atoms with van der Waals surface area (Å²) in [5.41, 5.74) is 0. The van der Waals surface area contributed by atoms with Crippen molar-refractivity contribution in [3.63, 3.8) is 0 Å². The van der Waals surface area contributed by atoms with Crippen molar-refractivity contribution in [3.8, 4) is 0 Å². The van der Waals surface area contributed by atoms with E-state index in [0.717, 1.165) is 8.39 Å². The van der Waals surface area contributed by atoms with Gasteiger partial charge in [-0.3, -0.25) is 0 Å². The maximum absolute atomic E-state index is 5.15. The molecule has 0 bridgehead atoms. The fourth-order valence-electron chi connectivity index (χ4n) is 0.335. The number of thiocarbonyl (C=S) groups is 2. The van der Waals surface area contributed by atoms with Gasteiger partial charge >= 0.3 is 0 Å². The van der Waals surface area contributed by atoms with Crippen LogP contribution in [0.1, 0.15) is 27.7 Å². The molecule has 0 fully saturated rings. The van der Waals surface area contributed by atoms with E-state index in [9.17, 15) is 0 Å². The smallest absolute Gasteiger partial charge is 0.0557 e. The maximum Gasteiger partial charge on any atom is 0.0557 e. The Bertz CT molecular complexity index is 141. The predicted octanol–water partition coefficient (Wildman–Crippen LogP) is 3.69. The van der Waals surface area contributed by atoms with Crippen molar-refractivity contribution >= 4 is 44.6 Å². The fourth-order valence-corrected chi connectivity index (χ4v) is 1.70. The molecule has 0 aliphatic rings. The van der Waals surface area contributed by atoms with Crippen LogP contribution in [0, 0.1) is 11.8 Å². The van der Waals surface area contributed by atoms with Crippen molar-refractivity contribution in [2.45, 2.75) is 27.7 Å². The molecule has 0 aromatic heterocycles. The second-order valence-corrected chi connectivity index (χ2v) is 5.53. The molecular weight excluding hydrogens is 192 g/mol. The lowest BCUT2D eigenvalue weighted by Gasteiger charge is -2.09. The van der Waals surface area contributed by atoms with Crippen LogP contribution in [0.25, 0.3) is 0 Å². The number of hydrogen-bond acceptors (Lipinski definition) is 3. The molecule has 0 unspecified atom stereocenters. The van der Waals surface area contributed by atoms with Gasteiger partial charge in [0, 0.05) is 0 Å². The first-order chi connectivity index (χ1) is 4.95. The average molecular weight is 206 g/mol. The lowest BCUT2D eigenvalue weighted by molar-refractivity contribution is 0.910. The van der Waals surface area contributed by atoms with E-state index >= 15 is 0 Å².